The number of hydrogen-bond acceptors (Lipinski definition) is 3. The van der Waals surface area contributed by atoms with Crippen molar-refractivity contribution in [3.05, 3.63) is 41.5 Å². The first-order valence-corrected chi connectivity index (χ1v) is 16.3. The number of carbonyl (C=O) groups excluding carboxylic acids is 1. The largest absolute Gasteiger partial charge is 0.494 e. The fourth-order valence-electron chi connectivity index (χ4n) is 9.83. The molecule has 4 aliphatic rings. The maximum absolute atomic E-state index is 12.9. The van der Waals surface area contributed by atoms with Gasteiger partial charge in [0.05, 0.1) is 12.2 Å². The van der Waals surface area contributed by atoms with E-state index in [0.29, 0.717) is 17.6 Å². The summed E-state index contributed by atoms with van der Waals surface area (Å²) >= 11 is 0. The molecule has 3 saturated carbocycles. The quantitative estimate of drug-likeness (QED) is 0.234. The highest BCUT2D eigenvalue weighted by Crippen LogP contribution is 2.67. The van der Waals surface area contributed by atoms with Gasteiger partial charge in [0.15, 0.2) is 0 Å². The molecule has 1 aromatic carbocycles. The molecule has 3 nitrogen and oxygen atoms in total. The summed E-state index contributed by atoms with van der Waals surface area (Å²) in [6, 6.07) is 7.37. The first-order chi connectivity index (χ1) is 18.7. The van der Waals surface area contributed by atoms with E-state index in [0.717, 1.165) is 60.5 Å². The lowest BCUT2D eigenvalue weighted by molar-refractivity contribution is -0.0594. The van der Waals surface area contributed by atoms with Crippen LogP contribution in [0.2, 0.25) is 0 Å². The molecule has 0 saturated heterocycles. The molecule has 8 atom stereocenters. The Labute approximate surface area is 238 Å². The van der Waals surface area contributed by atoms with Crippen LogP contribution in [0.1, 0.15) is 123 Å². The molecule has 0 radical (unpaired) electrons. The average Bonchev–Trinajstić information content (AvgIpc) is 3.26. The Bertz CT molecular complexity index is 1020. The van der Waals surface area contributed by atoms with Crippen LogP contribution in [-0.2, 0) is 4.74 Å². The third kappa shape index (κ3) is 5.58. The van der Waals surface area contributed by atoms with Gasteiger partial charge in [-0.15, -0.1) is 0 Å². The lowest BCUT2D eigenvalue weighted by Gasteiger charge is -2.58. The zero-order chi connectivity index (χ0) is 27.8. The van der Waals surface area contributed by atoms with Gasteiger partial charge in [-0.3, -0.25) is 0 Å². The molecular formula is C36H54O3. The van der Waals surface area contributed by atoms with E-state index in [9.17, 15) is 4.79 Å². The van der Waals surface area contributed by atoms with E-state index >= 15 is 0 Å². The summed E-state index contributed by atoms with van der Waals surface area (Å²) < 4.78 is 11.6. The van der Waals surface area contributed by atoms with Gasteiger partial charge < -0.3 is 9.47 Å². The van der Waals surface area contributed by atoms with Gasteiger partial charge in [-0.1, -0.05) is 65.5 Å². The minimum Gasteiger partial charge on any atom is -0.494 e. The highest BCUT2D eigenvalue weighted by Gasteiger charge is 2.59. The van der Waals surface area contributed by atoms with E-state index in [4.69, 9.17) is 9.47 Å². The molecule has 0 unspecified atom stereocenters. The molecule has 39 heavy (non-hydrogen) atoms. The Kier molecular flexibility index (Phi) is 8.56. The number of hydrogen-bond donors (Lipinski definition) is 0. The number of fused-ring (bicyclic) bond motifs is 5. The van der Waals surface area contributed by atoms with Gasteiger partial charge in [0, 0.05) is 6.42 Å². The Morgan fingerprint density at radius 2 is 1.74 bits per heavy atom. The van der Waals surface area contributed by atoms with Gasteiger partial charge in [0.1, 0.15) is 11.9 Å². The van der Waals surface area contributed by atoms with E-state index in [2.05, 4.69) is 40.7 Å². The summed E-state index contributed by atoms with van der Waals surface area (Å²) in [5, 5.41) is 0. The molecular weight excluding hydrogens is 480 g/mol. The second kappa shape index (κ2) is 11.6. The topological polar surface area (TPSA) is 35.5 Å². The average molecular weight is 535 g/mol. The van der Waals surface area contributed by atoms with E-state index in [1.165, 1.54) is 51.4 Å². The third-order valence-electron chi connectivity index (χ3n) is 11.9. The van der Waals surface area contributed by atoms with E-state index in [1.54, 1.807) is 5.57 Å². The predicted octanol–water partition coefficient (Wildman–Crippen LogP) is 9.65. The number of rotatable bonds is 9. The van der Waals surface area contributed by atoms with Crippen molar-refractivity contribution in [1.29, 1.82) is 0 Å². The SMILES string of the molecule is CCOc1ccc(C(=O)O[C@H]2CC[C@@]3(C)C(=CC[C@@H]4[C@H]5CC[C@@H]([C@@H](C)CCCC(C)C)[C@]5(C)CC[C@H]43)C2)cc1. The van der Waals surface area contributed by atoms with Crippen LogP contribution in [0, 0.1) is 46.3 Å². The lowest BCUT2D eigenvalue weighted by Crippen LogP contribution is -2.51. The lowest BCUT2D eigenvalue weighted by atomic mass is 9.47. The smallest absolute Gasteiger partial charge is 0.338 e. The zero-order valence-corrected chi connectivity index (χ0v) is 25.6. The fraction of sp³-hybridized carbons (Fsp3) is 0.750. The van der Waals surface area contributed by atoms with Crippen molar-refractivity contribution < 1.29 is 14.3 Å². The Balaban J connectivity index is 1.22. The van der Waals surface area contributed by atoms with Crippen LogP contribution in [0.25, 0.3) is 0 Å². The highest BCUT2D eigenvalue weighted by atomic mass is 16.5. The van der Waals surface area contributed by atoms with Crippen LogP contribution in [-0.4, -0.2) is 18.7 Å². The van der Waals surface area contributed by atoms with Crippen molar-refractivity contribution in [2.45, 2.75) is 118 Å². The van der Waals surface area contributed by atoms with Crippen LogP contribution in [0.15, 0.2) is 35.9 Å². The first kappa shape index (κ1) is 28.7. The van der Waals surface area contributed by atoms with E-state index < -0.39 is 0 Å². The van der Waals surface area contributed by atoms with Crippen LogP contribution in [0.5, 0.6) is 5.75 Å². The fourth-order valence-corrected chi connectivity index (χ4v) is 9.83. The molecule has 216 valence electrons. The number of benzene rings is 1. The third-order valence-corrected chi connectivity index (χ3v) is 11.9. The first-order valence-electron chi connectivity index (χ1n) is 16.3. The molecule has 3 heteroatoms. The molecule has 0 aromatic heterocycles. The van der Waals surface area contributed by atoms with Gasteiger partial charge in [0.2, 0.25) is 0 Å². The minimum atomic E-state index is -0.200. The van der Waals surface area contributed by atoms with Crippen molar-refractivity contribution >= 4 is 5.97 Å². The van der Waals surface area contributed by atoms with Crippen molar-refractivity contribution in [3.63, 3.8) is 0 Å². The van der Waals surface area contributed by atoms with Gasteiger partial charge in [-0.25, -0.2) is 4.79 Å². The van der Waals surface area contributed by atoms with Crippen molar-refractivity contribution in [1.82, 2.24) is 0 Å². The highest BCUT2D eigenvalue weighted by molar-refractivity contribution is 5.89. The van der Waals surface area contributed by atoms with Gasteiger partial charge in [-0.2, -0.15) is 0 Å². The molecule has 0 bridgehead atoms. The van der Waals surface area contributed by atoms with Gasteiger partial charge >= 0.3 is 5.97 Å². The number of ether oxygens (including phenoxy) is 2. The maximum atomic E-state index is 12.9. The van der Waals surface area contributed by atoms with Crippen molar-refractivity contribution in [2.75, 3.05) is 6.61 Å². The second-order valence-electron chi connectivity index (χ2n) is 14.5. The molecule has 0 aliphatic heterocycles. The molecule has 0 N–H and O–H groups in total. The van der Waals surface area contributed by atoms with Crippen molar-refractivity contribution in [3.8, 4) is 5.75 Å². The maximum Gasteiger partial charge on any atom is 0.338 e. The Hall–Kier alpha value is -1.77. The summed E-state index contributed by atoms with van der Waals surface area (Å²) in [5.74, 6) is 5.72. The summed E-state index contributed by atoms with van der Waals surface area (Å²) in [5.41, 5.74) is 3.02. The predicted molar refractivity (Wildman–Crippen MR) is 160 cm³/mol. The number of carbonyl (C=O) groups is 1. The number of esters is 1. The van der Waals surface area contributed by atoms with Crippen molar-refractivity contribution in [2.24, 2.45) is 46.3 Å². The summed E-state index contributed by atoms with van der Waals surface area (Å²) in [7, 11) is 0. The molecule has 0 spiro atoms. The summed E-state index contributed by atoms with van der Waals surface area (Å²) in [6.07, 6.45) is 16.8. The normalized spacial score (nSPS) is 36.4. The Morgan fingerprint density at radius 1 is 0.974 bits per heavy atom. The molecule has 3 fully saturated rings. The molecule has 1 aromatic rings. The standard InChI is InChI=1S/C36H54O3/c1-7-38-28-14-11-26(12-15-28)34(37)39-29-19-21-35(5)27(23-29)13-16-30-32-18-17-31(25(4)10-8-9-24(2)3)36(32,6)22-20-33(30)35/h11-15,24-25,29-33H,7-10,16-23H2,1-6H3/t25-,29-,30+,31-,32+,33+,35-,36-/m0/s1. The molecule has 5 rings (SSSR count). The van der Waals surface area contributed by atoms with E-state index in [1.807, 2.05) is 31.2 Å². The van der Waals surface area contributed by atoms with Crippen LogP contribution >= 0.6 is 0 Å². The van der Waals surface area contributed by atoms with Crippen LogP contribution < -0.4 is 4.74 Å². The zero-order valence-electron chi connectivity index (χ0n) is 25.6. The molecule has 0 amide bonds. The molecule has 4 aliphatic carbocycles. The monoisotopic (exact) mass is 534 g/mol. The summed E-state index contributed by atoms with van der Waals surface area (Å²) in [4.78, 5) is 12.9. The Morgan fingerprint density at radius 3 is 2.46 bits per heavy atom. The van der Waals surface area contributed by atoms with Gasteiger partial charge in [-0.05, 0) is 122 Å². The number of allylic oxidation sites excluding steroid dienone is 1. The van der Waals surface area contributed by atoms with Gasteiger partial charge in [0.25, 0.3) is 0 Å². The minimum absolute atomic E-state index is 0.00338. The van der Waals surface area contributed by atoms with Crippen LogP contribution in [0.3, 0.4) is 0 Å². The molecule has 0 heterocycles. The second-order valence-corrected chi connectivity index (χ2v) is 14.5. The van der Waals surface area contributed by atoms with Crippen LogP contribution in [0.4, 0.5) is 0 Å². The summed E-state index contributed by atoms with van der Waals surface area (Å²) in [6.45, 7) is 15.1. The van der Waals surface area contributed by atoms with E-state index in [-0.39, 0.29) is 17.5 Å².